The molecule has 2 aliphatic rings. The molecule has 1 atom stereocenters. The number of rotatable bonds is 4. The fourth-order valence-electron chi connectivity index (χ4n) is 2.92. The molecule has 1 aromatic rings. The molecule has 3 rings (SSSR count). The molecule has 0 bridgehead atoms. The monoisotopic (exact) mass is 314 g/mol. The maximum Gasteiger partial charge on any atom is 0.255 e. The molecule has 2 aliphatic heterocycles. The van der Waals surface area contributed by atoms with Gasteiger partial charge in [-0.25, -0.2) is 0 Å². The summed E-state index contributed by atoms with van der Waals surface area (Å²) in [5, 5.41) is 2.30. The Morgan fingerprint density at radius 1 is 1.35 bits per heavy atom. The van der Waals surface area contributed by atoms with Crippen LogP contribution >= 0.6 is 0 Å². The molecular weight excluding hydrogens is 296 g/mol. The van der Waals surface area contributed by atoms with E-state index in [-0.39, 0.29) is 24.1 Å². The van der Waals surface area contributed by atoms with Crippen molar-refractivity contribution in [3.05, 3.63) is 41.2 Å². The highest BCUT2D eigenvalue weighted by Gasteiger charge is 2.38. The Balaban J connectivity index is 1.79. The number of carbonyl (C=O) groups is 3. The van der Waals surface area contributed by atoms with E-state index < -0.39 is 6.04 Å². The summed E-state index contributed by atoms with van der Waals surface area (Å²) >= 11 is 0. The minimum Gasteiger partial charge on any atom is -0.501 e. The van der Waals surface area contributed by atoms with E-state index in [1.165, 1.54) is 0 Å². The highest BCUT2D eigenvalue weighted by molar-refractivity contribution is 6.05. The zero-order valence-electron chi connectivity index (χ0n) is 12.9. The van der Waals surface area contributed by atoms with Crippen molar-refractivity contribution in [2.24, 2.45) is 0 Å². The minimum atomic E-state index is -0.574. The van der Waals surface area contributed by atoms with Gasteiger partial charge in [0.1, 0.15) is 6.04 Å². The molecular formula is C17H18N2O4. The van der Waals surface area contributed by atoms with Crippen molar-refractivity contribution < 1.29 is 19.1 Å². The summed E-state index contributed by atoms with van der Waals surface area (Å²) in [6.45, 7) is 2.89. The topological polar surface area (TPSA) is 75.7 Å². The van der Waals surface area contributed by atoms with Gasteiger partial charge in [0.25, 0.3) is 5.91 Å². The van der Waals surface area contributed by atoms with Gasteiger partial charge in [-0.3, -0.25) is 19.7 Å². The number of piperidine rings is 1. The van der Waals surface area contributed by atoms with Crippen LogP contribution in [-0.4, -0.2) is 35.3 Å². The van der Waals surface area contributed by atoms with Crippen LogP contribution in [0.3, 0.4) is 0 Å². The summed E-state index contributed by atoms with van der Waals surface area (Å²) in [6.07, 6.45) is 4.10. The number of nitrogens with one attached hydrogen (secondary N) is 1. The first kappa shape index (κ1) is 15.3. The predicted molar refractivity (Wildman–Crippen MR) is 83.1 cm³/mol. The molecule has 1 fully saturated rings. The highest BCUT2D eigenvalue weighted by Crippen LogP contribution is 2.28. The van der Waals surface area contributed by atoms with E-state index in [1.807, 2.05) is 25.1 Å². The molecule has 1 N–H and O–H groups in total. The summed E-state index contributed by atoms with van der Waals surface area (Å²) in [7, 11) is 0. The number of ether oxygens (including phenoxy) is 1. The zero-order chi connectivity index (χ0) is 16.4. The standard InChI is InChI=1S/C17H18N2O4/c1-2-23-8-7-11-3-4-13-12(9-11)10-19(17(13)22)14-5-6-15(20)18-16(14)21/h3-4,7-9,14H,2,5-6,10H2,1H3,(H,18,20,21)/b8-7+. The molecule has 0 aromatic heterocycles. The van der Waals surface area contributed by atoms with Crippen LogP contribution in [0, 0.1) is 0 Å². The van der Waals surface area contributed by atoms with Crippen LogP contribution in [0.1, 0.15) is 41.3 Å². The van der Waals surface area contributed by atoms with Gasteiger partial charge in [0.2, 0.25) is 11.8 Å². The number of fused-ring (bicyclic) bond motifs is 1. The largest absolute Gasteiger partial charge is 0.501 e. The Bertz CT molecular complexity index is 696. The van der Waals surface area contributed by atoms with Crippen LogP contribution < -0.4 is 5.32 Å². The lowest BCUT2D eigenvalue weighted by atomic mass is 10.0. The van der Waals surface area contributed by atoms with Crippen LogP contribution in [0.2, 0.25) is 0 Å². The van der Waals surface area contributed by atoms with E-state index in [0.29, 0.717) is 25.1 Å². The molecule has 6 heteroatoms. The average Bonchev–Trinajstić information content (AvgIpc) is 2.84. The molecule has 0 saturated carbocycles. The molecule has 1 unspecified atom stereocenters. The van der Waals surface area contributed by atoms with Gasteiger partial charge in [-0.15, -0.1) is 0 Å². The van der Waals surface area contributed by atoms with Crippen LogP contribution in [0.25, 0.3) is 6.08 Å². The Morgan fingerprint density at radius 2 is 2.17 bits per heavy atom. The van der Waals surface area contributed by atoms with Gasteiger partial charge in [-0.1, -0.05) is 6.07 Å². The van der Waals surface area contributed by atoms with E-state index in [9.17, 15) is 14.4 Å². The lowest BCUT2D eigenvalue weighted by Gasteiger charge is -2.29. The quantitative estimate of drug-likeness (QED) is 0.674. The first-order chi connectivity index (χ1) is 11.1. The molecule has 120 valence electrons. The van der Waals surface area contributed by atoms with Crippen LogP contribution in [-0.2, 0) is 20.9 Å². The SMILES string of the molecule is CCO/C=C/c1ccc2c(c1)CN(C1CCC(=O)NC1=O)C2=O. The van der Waals surface area contributed by atoms with Crippen molar-refractivity contribution in [3.63, 3.8) is 0 Å². The molecule has 0 radical (unpaired) electrons. The molecule has 0 aliphatic carbocycles. The number of amides is 3. The number of carbonyl (C=O) groups excluding carboxylic acids is 3. The zero-order valence-corrected chi connectivity index (χ0v) is 12.9. The normalized spacial score (nSPS) is 20.8. The third-order valence-electron chi connectivity index (χ3n) is 4.07. The van der Waals surface area contributed by atoms with Gasteiger partial charge >= 0.3 is 0 Å². The van der Waals surface area contributed by atoms with Gasteiger partial charge in [-0.05, 0) is 42.7 Å². The van der Waals surface area contributed by atoms with Gasteiger partial charge in [0.15, 0.2) is 0 Å². The number of hydrogen-bond donors (Lipinski definition) is 1. The molecule has 6 nitrogen and oxygen atoms in total. The third-order valence-corrected chi connectivity index (χ3v) is 4.07. The second-order valence-corrected chi connectivity index (χ2v) is 5.57. The Morgan fingerprint density at radius 3 is 2.91 bits per heavy atom. The second-order valence-electron chi connectivity index (χ2n) is 5.57. The number of benzene rings is 1. The fraction of sp³-hybridized carbons (Fsp3) is 0.353. The average molecular weight is 314 g/mol. The van der Waals surface area contributed by atoms with Crippen molar-refractivity contribution in [2.45, 2.75) is 32.4 Å². The number of nitrogens with zero attached hydrogens (tertiary/aromatic N) is 1. The van der Waals surface area contributed by atoms with Crippen molar-refractivity contribution >= 4 is 23.8 Å². The van der Waals surface area contributed by atoms with Crippen LogP contribution in [0.4, 0.5) is 0 Å². The van der Waals surface area contributed by atoms with E-state index in [0.717, 1.165) is 11.1 Å². The summed E-state index contributed by atoms with van der Waals surface area (Å²) in [5.74, 6) is -0.826. The molecule has 3 amide bonds. The smallest absolute Gasteiger partial charge is 0.255 e. The predicted octanol–water partition coefficient (Wildman–Crippen LogP) is 1.45. The van der Waals surface area contributed by atoms with Gasteiger partial charge in [0, 0.05) is 18.5 Å². The van der Waals surface area contributed by atoms with Crippen molar-refractivity contribution in [1.82, 2.24) is 10.2 Å². The lowest BCUT2D eigenvalue weighted by molar-refractivity contribution is -0.136. The maximum atomic E-state index is 12.5. The van der Waals surface area contributed by atoms with Crippen molar-refractivity contribution in [2.75, 3.05) is 6.61 Å². The number of hydrogen-bond acceptors (Lipinski definition) is 4. The summed E-state index contributed by atoms with van der Waals surface area (Å²) in [5.41, 5.74) is 2.44. The van der Waals surface area contributed by atoms with Gasteiger partial charge < -0.3 is 9.64 Å². The Kier molecular flexibility index (Phi) is 4.14. The molecule has 0 spiro atoms. The van der Waals surface area contributed by atoms with E-state index in [4.69, 9.17) is 4.74 Å². The van der Waals surface area contributed by atoms with E-state index in [1.54, 1.807) is 17.2 Å². The molecule has 23 heavy (non-hydrogen) atoms. The Labute approximate surface area is 134 Å². The summed E-state index contributed by atoms with van der Waals surface area (Å²) < 4.78 is 5.18. The lowest BCUT2D eigenvalue weighted by Crippen LogP contribution is -2.52. The molecule has 1 saturated heterocycles. The van der Waals surface area contributed by atoms with E-state index in [2.05, 4.69) is 5.32 Å². The first-order valence-corrected chi connectivity index (χ1v) is 7.66. The van der Waals surface area contributed by atoms with Gasteiger partial charge in [0.05, 0.1) is 12.9 Å². The van der Waals surface area contributed by atoms with Crippen molar-refractivity contribution in [1.29, 1.82) is 0 Å². The maximum absolute atomic E-state index is 12.5. The number of imide groups is 1. The first-order valence-electron chi connectivity index (χ1n) is 7.66. The van der Waals surface area contributed by atoms with Crippen LogP contribution in [0.5, 0.6) is 0 Å². The Hall–Kier alpha value is -2.63. The fourth-order valence-corrected chi connectivity index (χ4v) is 2.92. The van der Waals surface area contributed by atoms with E-state index >= 15 is 0 Å². The molecule has 1 aromatic carbocycles. The van der Waals surface area contributed by atoms with Crippen LogP contribution in [0.15, 0.2) is 24.5 Å². The van der Waals surface area contributed by atoms with Crippen molar-refractivity contribution in [3.8, 4) is 0 Å². The summed E-state index contributed by atoms with van der Waals surface area (Å²) in [4.78, 5) is 37.3. The highest BCUT2D eigenvalue weighted by atomic mass is 16.5. The third kappa shape index (κ3) is 2.97. The molecule has 2 heterocycles. The minimum absolute atomic E-state index is 0.158. The summed E-state index contributed by atoms with van der Waals surface area (Å²) in [6, 6.07) is 4.97. The second kappa shape index (κ2) is 6.24. The van der Waals surface area contributed by atoms with Gasteiger partial charge in [-0.2, -0.15) is 0 Å².